The molecule has 0 spiro atoms. The number of hydrogen-bond donors (Lipinski definition) is 1. The molecule has 1 saturated heterocycles. The van der Waals surface area contributed by atoms with Crippen molar-refractivity contribution in [1.82, 2.24) is 4.98 Å². The van der Waals surface area contributed by atoms with Gasteiger partial charge in [-0.1, -0.05) is 11.8 Å². The normalized spacial score (nSPS) is 23.3. The first-order valence-corrected chi connectivity index (χ1v) is 6.87. The number of pyridine rings is 1. The van der Waals surface area contributed by atoms with E-state index >= 15 is 0 Å². The fourth-order valence-electron chi connectivity index (χ4n) is 2.16. The van der Waals surface area contributed by atoms with E-state index in [0.29, 0.717) is 10.6 Å². The maximum Gasteiger partial charge on any atom is 0.338 e. The Balaban J connectivity index is 2.33. The van der Waals surface area contributed by atoms with Gasteiger partial charge in [0.25, 0.3) is 0 Å². The fourth-order valence-corrected chi connectivity index (χ4v) is 3.49. The highest BCUT2D eigenvalue weighted by molar-refractivity contribution is 8.00. The van der Waals surface area contributed by atoms with E-state index in [1.165, 1.54) is 11.8 Å². The number of rotatable bonds is 3. The van der Waals surface area contributed by atoms with E-state index in [1.807, 2.05) is 26.8 Å². The average Bonchev–Trinajstić information content (AvgIpc) is 2.62. The number of aromatic carboxylic acids is 1. The van der Waals surface area contributed by atoms with Crippen LogP contribution in [0, 0.1) is 13.8 Å². The van der Waals surface area contributed by atoms with E-state index in [0.717, 1.165) is 24.3 Å². The van der Waals surface area contributed by atoms with Crippen LogP contribution < -0.4 is 0 Å². The average molecular weight is 267 g/mol. The monoisotopic (exact) mass is 267 g/mol. The molecule has 2 unspecified atom stereocenters. The van der Waals surface area contributed by atoms with E-state index < -0.39 is 5.97 Å². The van der Waals surface area contributed by atoms with Gasteiger partial charge in [0.1, 0.15) is 5.03 Å². The first kappa shape index (κ1) is 13.4. The van der Waals surface area contributed by atoms with Gasteiger partial charge in [-0.15, -0.1) is 0 Å². The molecule has 98 valence electrons. The predicted molar refractivity (Wildman–Crippen MR) is 70.3 cm³/mol. The molecule has 4 nitrogen and oxygen atoms in total. The van der Waals surface area contributed by atoms with E-state index in [4.69, 9.17) is 4.74 Å². The summed E-state index contributed by atoms with van der Waals surface area (Å²) in [5, 5.41) is 10.2. The van der Waals surface area contributed by atoms with Crippen LogP contribution in [0.2, 0.25) is 0 Å². The molecule has 0 radical (unpaired) electrons. The zero-order valence-corrected chi connectivity index (χ0v) is 11.6. The molecule has 0 bridgehead atoms. The highest BCUT2D eigenvalue weighted by Crippen LogP contribution is 2.34. The molecular formula is C13H17NO3S. The molecule has 1 aromatic heterocycles. The summed E-state index contributed by atoms with van der Waals surface area (Å²) in [5.41, 5.74) is 1.94. The van der Waals surface area contributed by atoms with Crippen LogP contribution in [0.15, 0.2) is 11.1 Å². The van der Waals surface area contributed by atoms with Gasteiger partial charge in [0, 0.05) is 17.6 Å². The predicted octanol–water partition coefficient (Wildman–Crippen LogP) is 2.67. The summed E-state index contributed by atoms with van der Waals surface area (Å²) in [4.78, 5) is 15.7. The molecule has 0 amide bonds. The third-order valence-electron chi connectivity index (χ3n) is 3.10. The van der Waals surface area contributed by atoms with Gasteiger partial charge < -0.3 is 9.84 Å². The van der Waals surface area contributed by atoms with Crippen LogP contribution in [0.4, 0.5) is 0 Å². The topological polar surface area (TPSA) is 59.4 Å². The lowest BCUT2D eigenvalue weighted by atomic mass is 10.1. The molecule has 2 heterocycles. The third-order valence-corrected chi connectivity index (χ3v) is 4.54. The zero-order valence-electron chi connectivity index (χ0n) is 10.8. The van der Waals surface area contributed by atoms with Crippen LogP contribution in [0.25, 0.3) is 0 Å². The van der Waals surface area contributed by atoms with E-state index in [-0.39, 0.29) is 11.4 Å². The Morgan fingerprint density at radius 1 is 1.56 bits per heavy atom. The van der Waals surface area contributed by atoms with Crippen LogP contribution in [0.5, 0.6) is 0 Å². The summed E-state index contributed by atoms with van der Waals surface area (Å²) in [6.07, 6.45) is 1.10. The highest BCUT2D eigenvalue weighted by atomic mass is 32.2. The number of carbonyl (C=O) groups is 1. The van der Waals surface area contributed by atoms with Crippen molar-refractivity contribution in [3.8, 4) is 0 Å². The molecule has 18 heavy (non-hydrogen) atoms. The Kier molecular flexibility index (Phi) is 3.92. The molecule has 1 fully saturated rings. The lowest BCUT2D eigenvalue weighted by Gasteiger charge is -2.15. The summed E-state index contributed by atoms with van der Waals surface area (Å²) < 4.78 is 5.50. The quantitative estimate of drug-likeness (QED) is 0.912. The maximum atomic E-state index is 11.3. The van der Waals surface area contributed by atoms with Crippen molar-refractivity contribution in [2.45, 2.75) is 43.6 Å². The van der Waals surface area contributed by atoms with Gasteiger partial charge in [-0.05, 0) is 38.8 Å². The SMILES string of the molecule is Cc1cc(C)c(C(=O)O)c(SC2CCOC2C)n1. The molecule has 2 atom stereocenters. The molecular weight excluding hydrogens is 250 g/mol. The van der Waals surface area contributed by atoms with Gasteiger partial charge in [0.05, 0.1) is 11.7 Å². The smallest absolute Gasteiger partial charge is 0.338 e. The maximum absolute atomic E-state index is 11.3. The summed E-state index contributed by atoms with van der Waals surface area (Å²) in [5.74, 6) is -0.908. The second kappa shape index (κ2) is 5.28. The second-order valence-electron chi connectivity index (χ2n) is 4.59. The molecule has 1 N–H and O–H groups in total. The molecule has 0 saturated carbocycles. The number of nitrogens with zero attached hydrogens (tertiary/aromatic N) is 1. The minimum atomic E-state index is -0.908. The Morgan fingerprint density at radius 2 is 2.28 bits per heavy atom. The van der Waals surface area contributed by atoms with E-state index in [9.17, 15) is 9.90 Å². The van der Waals surface area contributed by atoms with Crippen LogP contribution in [0.3, 0.4) is 0 Å². The van der Waals surface area contributed by atoms with Crippen molar-refractivity contribution >= 4 is 17.7 Å². The van der Waals surface area contributed by atoms with Crippen LogP contribution in [0.1, 0.15) is 35.0 Å². The summed E-state index contributed by atoms with van der Waals surface area (Å²) in [6, 6.07) is 1.81. The Morgan fingerprint density at radius 3 is 2.83 bits per heavy atom. The number of aromatic nitrogens is 1. The number of carboxylic acids is 1. The van der Waals surface area contributed by atoms with Gasteiger partial charge in [-0.25, -0.2) is 9.78 Å². The van der Waals surface area contributed by atoms with Crippen molar-refractivity contribution in [2.24, 2.45) is 0 Å². The zero-order chi connectivity index (χ0) is 13.3. The summed E-state index contributed by atoms with van der Waals surface area (Å²) in [7, 11) is 0. The van der Waals surface area contributed by atoms with Crippen molar-refractivity contribution < 1.29 is 14.6 Å². The number of hydrogen-bond acceptors (Lipinski definition) is 4. The highest BCUT2D eigenvalue weighted by Gasteiger charge is 2.28. The van der Waals surface area contributed by atoms with Crippen molar-refractivity contribution in [3.05, 3.63) is 22.9 Å². The number of ether oxygens (including phenoxy) is 1. The van der Waals surface area contributed by atoms with Crippen LogP contribution in [-0.4, -0.2) is 34.0 Å². The minimum absolute atomic E-state index is 0.152. The summed E-state index contributed by atoms with van der Waals surface area (Å²) >= 11 is 1.53. The Hall–Kier alpha value is -1.07. The Labute approximate surface area is 111 Å². The van der Waals surface area contributed by atoms with Crippen molar-refractivity contribution in [2.75, 3.05) is 6.61 Å². The van der Waals surface area contributed by atoms with Crippen molar-refractivity contribution in [1.29, 1.82) is 0 Å². The van der Waals surface area contributed by atoms with Crippen LogP contribution in [-0.2, 0) is 4.74 Å². The first-order valence-electron chi connectivity index (χ1n) is 5.99. The summed E-state index contributed by atoms with van der Waals surface area (Å²) in [6.45, 7) is 6.47. The van der Waals surface area contributed by atoms with Gasteiger partial charge >= 0.3 is 5.97 Å². The lowest BCUT2D eigenvalue weighted by molar-refractivity contribution is 0.0691. The van der Waals surface area contributed by atoms with E-state index in [1.54, 1.807) is 0 Å². The van der Waals surface area contributed by atoms with Gasteiger partial charge in [0.2, 0.25) is 0 Å². The molecule has 1 aromatic rings. The molecule has 1 aliphatic heterocycles. The molecule has 1 aliphatic rings. The molecule has 2 rings (SSSR count). The third kappa shape index (κ3) is 2.67. The lowest BCUT2D eigenvalue weighted by Crippen LogP contribution is -2.15. The van der Waals surface area contributed by atoms with Gasteiger partial charge in [-0.2, -0.15) is 0 Å². The first-order chi connectivity index (χ1) is 8.49. The van der Waals surface area contributed by atoms with Gasteiger partial charge in [0.15, 0.2) is 0 Å². The Bertz CT molecular complexity index is 476. The fraction of sp³-hybridized carbons (Fsp3) is 0.538. The number of aryl methyl sites for hydroxylation is 2. The van der Waals surface area contributed by atoms with Gasteiger partial charge in [-0.3, -0.25) is 0 Å². The number of thioether (sulfide) groups is 1. The van der Waals surface area contributed by atoms with E-state index in [2.05, 4.69) is 4.98 Å². The van der Waals surface area contributed by atoms with Crippen LogP contribution >= 0.6 is 11.8 Å². The molecule has 0 aliphatic carbocycles. The molecule has 5 heteroatoms. The largest absolute Gasteiger partial charge is 0.478 e. The standard InChI is InChI=1S/C13H17NO3S/c1-7-6-8(2)14-12(11(7)13(15)16)18-10-4-5-17-9(10)3/h6,9-10H,4-5H2,1-3H3,(H,15,16). The number of carboxylic acid groups (broad SMARTS) is 1. The minimum Gasteiger partial charge on any atom is -0.478 e. The molecule has 0 aromatic carbocycles. The van der Waals surface area contributed by atoms with Crippen molar-refractivity contribution in [3.63, 3.8) is 0 Å². The second-order valence-corrected chi connectivity index (χ2v) is 5.81.